The molecule has 0 radical (unpaired) electrons. The van der Waals surface area contributed by atoms with Gasteiger partial charge in [0.05, 0.1) is 11.4 Å². The van der Waals surface area contributed by atoms with Gasteiger partial charge in [0.1, 0.15) is 0 Å². The number of benzene rings is 1. The molecular weight excluding hydrogens is 222 g/mol. The monoisotopic (exact) mass is 242 g/mol. The summed E-state index contributed by atoms with van der Waals surface area (Å²) < 4.78 is 26.7. The van der Waals surface area contributed by atoms with Crippen molar-refractivity contribution in [2.75, 3.05) is 11.1 Å². The number of nitrogens with two attached hydrogens (primary N) is 1. The highest BCUT2D eigenvalue weighted by Gasteiger charge is 2.18. The van der Waals surface area contributed by atoms with Gasteiger partial charge in [0, 0.05) is 6.04 Å². The van der Waals surface area contributed by atoms with Crippen molar-refractivity contribution in [2.24, 2.45) is 5.92 Å². The Labute approximate surface area is 101 Å². The fourth-order valence-corrected chi connectivity index (χ4v) is 2.05. The molecule has 0 aliphatic carbocycles. The van der Waals surface area contributed by atoms with E-state index >= 15 is 0 Å². The van der Waals surface area contributed by atoms with Crippen molar-refractivity contribution in [3.63, 3.8) is 0 Å². The van der Waals surface area contributed by atoms with Crippen LogP contribution in [0.2, 0.25) is 0 Å². The number of halogens is 2. The second-order valence-electron chi connectivity index (χ2n) is 4.34. The number of nitrogens with one attached hydrogen (secondary N) is 1. The molecule has 17 heavy (non-hydrogen) atoms. The molecule has 0 spiro atoms. The van der Waals surface area contributed by atoms with Crippen LogP contribution in [0.4, 0.5) is 20.2 Å². The highest BCUT2D eigenvalue weighted by Crippen LogP contribution is 2.27. The molecule has 0 fully saturated rings. The Morgan fingerprint density at radius 2 is 1.82 bits per heavy atom. The number of anilines is 2. The Bertz CT molecular complexity index is 376. The summed E-state index contributed by atoms with van der Waals surface area (Å²) in [7, 11) is 0. The molecule has 0 saturated carbocycles. The molecule has 0 aliphatic rings. The van der Waals surface area contributed by atoms with Gasteiger partial charge in [-0.05, 0) is 25.0 Å². The maximum atomic E-state index is 13.6. The topological polar surface area (TPSA) is 38.0 Å². The third-order valence-electron chi connectivity index (χ3n) is 3.25. The van der Waals surface area contributed by atoms with E-state index in [0.717, 1.165) is 18.9 Å². The van der Waals surface area contributed by atoms with Gasteiger partial charge >= 0.3 is 0 Å². The highest BCUT2D eigenvalue weighted by atomic mass is 19.2. The van der Waals surface area contributed by atoms with E-state index < -0.39 is 11.6 Å². The Hall–Kier alpha value is -1.32. The summed E-state index contributed by atoms with van der Waals surface area (Å²) in [5.41, 5.74) is 5.96. The van der Waals surface area contributed by atoms with Gasteiger partial charge in [-0.2, -0.15) is 0 Å². The predicted molar refractivity (Wildman–Crippen MR) is 67.9 cm³/mol. The van der Waals surface area contributed by atoms with E-state index in [-0.39, 0.29) is 17.4 Å². The van der Waals surface area contributed by atoms with Crippen LogP contribution in [0.3, 0.4) is 0 Å². The maximum Gasteiger partial charge on any atom is 0.183 e. The number of nitrogen functional groups attached to an aromatic ring is 1. The largest absolute Gasteiger partial charge is 0.397 e. The Kier molecular flexibility index (Phi) is 4.73. The summed E-state index contributed by atoms with van der Waals surface area (Å²) >= 11 is 0. The first-order valence-corrected chi connectivity index (χ1v) is 6.01. The van der Waals surface area contributed by atoms with E-state index in [2.05, 4.69) is 19.2 Å². The van der Waals surface area contributed by atoms with Gasteiger partial charge < -0.3 is 11.1 Å². The Morgan fingerprint density at radius 3 is 2.35 bits per heavy atom. The molecule has 4 heteroatoms. The Morgan fingerprint density at radius 1 is 1.24 bits per heavy atom. The van der Waals surface area contributed by atoms with Crippen molar-refractivity contribution in [1.82, 2.24) is 0 Å². The van der Waals surface area contributed by atoms with Crippen LogP contribution in [0.1, 0.15) is 33.6 Å². The zero-order chi connectivity index (χ0) is 13.0. The minimum atomic E-state index is -0.900. The molecule has 0 saturated heterocycles. The molecule has 0 bridgehead atoms. The standard InChI is InChI=1S/C13H20F2N2/c1-4-9(5-2)8(3)17-13-11(16)7-6-10(14)12(13)15/h6-9,17H,4-5,16H2,1-3H3. The average Bonchev–Trinajstić information content (AvgIpc) is 2.31. The van der Waals surface area contributed by atoms with Crippen molar-refractivity contribution >= 4 is 11.4 Å². The molecule has 0 aliphatic heterocycles. The van der Waals surface area contributed by atoms with Gasteiger partial charge in [-0.15, -0.1) is 0 Å². The molecule has 1 unspecified atom stereocenters. The van der Waals surface area contributed by atoms with E-state index in [4.69, 9.17) is 5.73 Å². The summed E-state index contributed by atoms with van der Waals surface area (Å²) in [5, 5.41) is 2.98. The summed E-state index contributed by atoms with van der Waals surface area (Å²) in [6, 6.07) is 2.47. The maximum absolute atomic E-state index is 13.6. The fourth-order valence-electron chi connectivity index (χ4n) is 2.05. The molecule has 1 aromatic carbocycles. The van der Waals surface area contributed by atoms with E-state index in [9.17, 15) is 8.78 Å². The van der Waals surface area contributed by atoms with Gasteiger partial charge in [0.25, 0.3) is 0 Å². The van der Waals surface area contributed by atoms with Crippen molar-refractivity contribution in [2.45, 2.75) is 39.7 Å². The molecule has 1 rings (SSSR count). The molecule has 1 atom stereocenters. The first-order valence-electron chi connectivity index (χ1n) is 6.01. The molecular formula is C13H20F2N2. The molecule has 3 N–H and O–H groups in total. The van der Waals surface area contributed by atoms with E-state index in [0.29, 0.717) is 5.92 Å². The van der Waals surface area contributed by atoms with Gasteiger partial charge in [0.15, 0.2) is 11.6 Å². The van der Waals surface area contributed by atoms with E-state index in [1.54, 1.807) is 0 Å². The average molecular weight is 242 g/mol. The molecule has 0 heterocycles. The van der Waals surface area contributed by atoms with Gasteiger partial charge in [-0.25, -0.2) is 8.78 Å². The number of hydrogen-bond acceptors (Lipinski definition) is 2. The SMILES string of the molecule is CCC(CC)C(C)Nc1c(N)ccc(F)c1F. The minimum absolute atomic E-state index is 0.0589. The molecule has 0 amide bonds. The molecule has 0 aromatic heterocycles. The van der Waals surface area contributed by atoms with Crippen molar-refractivity contribution in [3.8, 4) is 0 Å². The van der Waals surface area contributed by atoms with Crippen LogP contribution in [0.5, 0.6) is 0 Å². The lowest BCUT2D eigenvalue weighted by Crippen LogP contribution is -2.26. The number of rotatable bonds is 5. The zero-order valence-electron chi connectivity index (χ0n) is 10.6. The third-order valence-corrected chi connectivity index (χ3v) is 3.25. The normalized spacial score (nSPS) is 12.8. The Balaban J connectivity index is 2.91. The van der Waals surface area contributed by atoms with E-state index in [1.807, 2.05) is 6.92 Å². The molecule has 96 valence electrons. The summed E-state index contributed by atoms with van der Waals surface area (Å²) in [4.78, 5) is 0. The third kappa shape index (κ3) is 3.08. The van der Waals surface area contributed by atoms with Crippen LogP contribution in [0.25, 0.3) is 0 Å². The second kappa shape index (κ2) is 5.84. The quantitative estimate of drug-likeness (QED) is 0.771. The molecule has 2 nitrogen and oxygen atoms in total. The first-order chi connectivity index (χ1) is 8.01. The van der Waals surface area contributed by atoms with Crippen molar-refractivity contribution < 1.29 is 8.78 Å². The lowest BCUT2D eigenvalue weighted by atomic mass is 9.95. The van der Waals surface area contributed by atoms with Gasteiger partial charge in [-0.1, -0.05) is 26.7 Å². The lowest BCUT2D eigenvalue weighted by Gasteiger charge is -2.24. The van der Waals surface area contributed by atoms with Crippen molar-refractivity contribution in [1.29, 1.82) is 0 Å². The zero-order valence-corrected chi connectivity index (χ0v) is 10.6. The fraction of sp³-hybridized carbons (Fsp3) is 0.538. The van der Waals surface area contributed by atoms with Crippen LogP contribution < -0.4 is 11.1 Å². The highest BCUT2D eigenvalue weighted by molar-refractivity contribution is 5.67. The predicted octanol–water partition coefficient (Wildman–Crippen LogP) is 3.78. The van der Waals surface area contributed by atoms with Crippen LogP contribution in [0, 0.1) is 17.6 Å². The first kappa shape index (κ1) is 13.7. The lowest BCUT2D eigenvalue weighted by molar-refractivity contribution is 0.434. The van der Waals surface area contributed by atoms with Crippen LogP contribution in [-0.2, 0) is 0 Å². The summed E-state index contributed by atoms with van der Waals surface area (Å²) in [5.74, 6) is -1.36. The van der Waals surface area contributed by atoms with E-state index in [1.165, 1.54) is 6.07 Å². The second-order valence-corrected chi connectivity index (χ2v) is 4.34. The van der Waals surface area contributed by atoms with Crippen LogP contribution in [-0.4, -0.2) is 6.04 Å². The van der Waals surface area contributed by atoms with Crippen LogP contribution in [0.15, 0.2) is 12.1 Å². The summed E-state index contributed by atoms with van der Waals surface area (Å²) in [6.45, 7) is 6.12. The van der Waals surface area contributed by atoms with Gasteiger partial charge in [0.2, 0.25) is 0 Å². The smallest absolute Gasteiger partial charge is 0.183 e. The summed E-state index contributed by atoms with van der Waals surface area (Å²) in [6.07, 6.45) is 1.98. The van der Waals surface area contributed by atoms with Gasteiger partial charge in [-0.3, -0.25) is 0 Å². The number of hydrogen-bond donors (Lipinski definition) is 2. The van der Waals surface area contributed by atoms with Crippen molar-refractivity contribution in [3.05, 3.63) is 23.8 Å². The minimum Gasteiger partial charge on any atom is -0.397 e. The van der Waals surface area contributed by atoms with Crippen LogP contribution >= 0.6 is 0 Å². The molecule has 1 aromatic rings.